The van der Waals surface area contributed by atoms with Gasteiger partial charge in [-0.3, -0.25) is 14.5 Å². The van der Waals surface area contributed by atoms with E-state index in [0.717, 1.165) is 16.9 Å². The van der Waals surface area contributed by atoms with E-state index in [4.69, 9.17) is 0 Å². The van der Waals surface area contributed by atoms with Crippen molar-refractivity contribution in [3.8, 4) is 0 Å². The summed E-state index contributed by atoms with van der Waals surface area (Å²) in [4.78, 5) is 40.1. The second kappa shape index (κ2) is 7.07. The predicted octanol–water partition coefficient (Wildman–Crippen LogP) is 1.05. The average molecular weight is 358 g/mol. The van der Waals surface area contributed by atoms with Crippen molar-refractivity contribution in [2.24, 2.45) is 0 Å². The Kier molecular flexibility index (Phi) is 5.00. The number of hydrogen-bond donors (Lipinski definition) is 2. The Bertz CT molecular complexity index is 714. The molecule has 7 heteroatoms. The first kappa shape index (κ1) is 18.4. The third-order valence-corrected chi connectivity index (χ3v) is 5.07. The second-order valence-corrected chi connectivity index (χ2v) is 7.35. The smallest absolute Gasteiger partial charge is 0.325 e. The van der Waals surface area contributed by atoms with Crippen LogP contribution in [0.15, 0.2) is 24.3 Å². The summed E-state index contributed by atoms with van der Waals surface area (Å²) < 4.78 is 0. The number of carbonyl (C=O) groups is 3. The van der Waals surface area contributed by atoms with Crippen molar-refractivity contribution in [2.45, 2.75) is 38.8 Å². The van der Waals surface area contributed by atoms with Crippen molar-refractivity contribution < 1.29 is 14.4 Å². The molecule has 3 rings (SSSR count). The van der Waals surface area contributed by atoms with Gasteiger partial charge >= 0.3 is 6.03 Å². The highest BCUT2D eigenvalue weighted by Gasteiger charge is 2.45. The van der Waals surface area contributed by atoms with E-state index >= 15 is 0 Å². The van der Waals surface area contributed by atoms with E-state index in [9.17, 15) is 14.4 Å². The lowest BCUT2D eigenvalue weighted by Crippen LogP contribution is -2.52. The minimum Gasteiger partial charge on any atom is -0.332 e. The number of nitrogens with one attached hydrogen (secondary N) is 2. The molecule has 2 aliphatic heterocycles. The number of carbonyl (C=O) groups excluding carboxylic acids is 3. The van der Waals surface area contributed by atoms with Crippen molar-refractivity contribution >= 4 is 17.8 Å². The monoisotopic (exact) mass is 358 g/mol. The molecule has 2 N–H and O–H groups in total. The fraction of sp³-hybridized carbons (Fsp3) is 0.526. The topological polar surface area (TPSA) is 81.8 Å². The van der Waals surface area contributed by atoms with Gasteiger partial charge in [-0.2, -0.15) is 0 Å². The van der Waals surface area contributed by atoms with Gasteiger partial charge in [0.1, 0.15) is 12.1 Å². The van der Waals surface area contributed by atoms with Crippen molar-refractivity contribution in [3.05, 3.63) is 35.4 Å². The first-order valence-electron chi connectivity index (χ1n) is 9.06. The molecule has 0 spiro atoms. The molecule has 2 saturated heterocycles. The summed E-state index contributed by atoms with van der Waals surface area (Å²) in [5, 5.41) is 5.93. The Morgan fingerprint density at radius 3 is 2.50 bits per heavy atom. The van der Waals surface area contributed by atoms with Crippen LogP contribution in [0.1, 0.15) is 37.9 Å². The number of rotatable bonds is 4. The molecule has 1 aromatic carbocycles. The molecule has 26 heavy (non-hydrogen) atoms. The Hall–Kier alpha value is -2.41. The van der Waals surface area contributed by atoms with Gasteiger partial charge in [-0.25, -0.2) is 4.79 Å². The van der Waals surface area contributed by atoms with Gasteiger partial charge in [0.2, 0.25) is 5.91 Å². The standard InChI is InChI=1S/C19H26N4O3/c1-4-13-5-7-14(8-6-13)15-11-20-9-10-22(15)16(24)12-23-17(25)19(2,3)21-18(23)26/h5-8,15,20H,4,9-12H2,1-3H3,(H,21,26). The summed E-state index contributed by atoms with van der Waals surface area (Å²) in [5.41, 5.74) is 1.34. The average Bonchev–Trinajstić information content (AvgIpc) is 2.83. The van der Waals surface area contributed by atoms with Crippen LogP contribution in [0.4, 0.5) is 4.79 Å². The number of urea groups is 1. The lowest BCUT2D eigenvalue weighted by atomic mass is 10.0. The number of amides is 4. The minimum absolute atomic E-state index is 0.101. The van der Waals surface area contributed by atoms with E-state index < -0.39 is 11.6 Å². The summed E-state index contributed by atoms with van der Waals surface area (Å²) in [7, 11) is 0. The van der Waals surface area contributed by atoms with Crippen LogP contribution >= 0.6 is 0 Å². The van der Waals surface area contributed by atoms with Crippen molar-refractivity contribution in [2.75, 3.05) is 26.2 Å². The minimum atomic E-state index is -0.962. The number of benzene rings is 1. The maximum atomic E-state index is 12.9. The van der Waals surface area contributed by atoms with E-state index in [2.05, 4.69) is 29.7 Å². The molecular weight excluding hydrogens is 332 g/mol. The van der Waals surface area contributed by atoms with E-state index in [1.54, 1.807) is 18.7 Å². The number of piperazine rings is 1. The van der Waals surface area contributed by atoms with Crippen LogP contribution in [-0.2, 0) is 16.0 Å². The quantitative estimate of drug-likeness (QED) is 0.789. The zero-order valence-corrected chi connectivity index (χ0v) is 15.5. The molecule has 7 nitrogen and oxygen atoms in total. The summed E-state index contributed by atoms with van der Waals surface area (Å²) >= 11 is 0. The highest BCUT2D eigenvalue weighted by atomic mass is 16.2. The molecule has 4 amide bonds. The Balaban J connectivity index is 1.76. The van der Waals surface area contributed by atoms with E-state index in [0.29, 0.717) is 19.6 Å². The van der Waals surface area contributed by atoms with Crippen molar-refractivity contribution in [1.29, 1.82) is 0 Å². The highest BCUT2D eigenvalue weighted by molar-refractivity contribution is 6.08. The zero-order valence-electron chi connectivity index (χ0n) is 15.5. The molecule has 2 aliphatic rings. The molecule has 1 atom stereocenters. The fourth-order valence-electron chi connectivity index (χ4n) is 3.46. The molecule has 0 saturated carbocycles. The molecule has 1 unspecified atom stereocenters. The zero-order chi connectivity index (χ0) is 18.9. The Morgan fingerprint density at radius 1 is 1.23 bits per heavy atom. The van der Waals surface area contributed by atoms with Crippen LogP contribution in [0.25, 0.3) is 0 Å². The molecule has 2 fully saturated rings. The van der Waals surface area contributed by atoms with Crippen LogP contribution in [-0.4, -0.2) is 59.4 Å². The van der Waals surface area contributed by atoms with Crippen LogP contribution in [0.2, 0.25) is 0 Å². The summed E-state index contributed by atoms with van der Waals surface area (Å²) in [6, 6.07) is 7.64. The first-order valence-corrected chi connectivity index (χ1v) is 9.06. The number of nitrogens with zero attached hydrogens (tertiary/aromatic N) is 2. The third-order valence-electron chi connectivity index (χ3n) is 5.07. The largest absolute Gasteiger partial charge is 0.332 e. The Morgan fingerprint density at radius 2 is 1.92 bits per heavy atom. The van der Waals surface area contributed by atoms with E-state index in [1.165, 1.54) is 5.56 Å². The third kappa shape index (κ3) is 3.44. The molecule has 0 aliphatic carbocycles. The van der Waals surface area contributed by atoms with Gasteiger partial charge in [-0.15, -0.1) is 0 Å². The fourth-order valence-corrected chi connectivity index (χ4v) is 3.46. The summed E-state index contributed by atoms with van der Waals surface area (Å²) in [6.07, 6.45) is 0.966. The second-order valence-electron chi connectivity index (χ2n) is 7.35. The van der Waals surface area contributed by atoms with Crippen molar-refractivity contribution in [3.63, 3.8) is 0 Å². The maximum Gasteiger partial charge on any atom is 0.325 e. The van der Waals surface area contributed by atoms with Crippen molar-refractivity contribution in [1.82, 2.24) is 20.4 Å². The van der Waals surface area contributed by atoms with Crippen LogP contribution < -0.4 is 10.6 Å². The van der Waals surface area contributed by atoms with E-state index in [-0.39, 0.29) is 24.4 Å². The molecule has 0 aromatic heterocycles. The number of imide groups is 1. The first-order chi connectivity index (χ1) is 12.3. The van der Waals surface area contributed by atoms with Crippen LogP contribution in [0, 0.1) is 0 Å². The molecule has 140 valence electrons. The molecule has 1 aromatic rings. The Labute approximate surface area is 153 Å². The van der Waals surface area contributed by atoms with E-state index in [1.807, 2.05) is 12.1 Å². The lowest BCUT2D eigenvalue weighted by Gasteiger charge is -2.37. The number of hydrogen-bond acceptors (Lipinski definition) is 4. The van der Waals surface area contributed by atoms with Gasteiger partial charge in [0.15, 0.2) is 0 Å². The normalized spacial score (nSPS) is 22.5. The highest BCUT2D eigenvalue weighted by Crippen LogP contribution is 2.24. The van der Waals surface area contributed by atoms with Gasteiger partial charge in [0, 0.05) is 19.6 Å². The lowest BCUT2D eigenvalue weighted by molar-refractivity contribution is -0.140. The predicted molar refractivity (Wildman–Crippen MR) is 97.5 cm³/mol. The molecular formula is C19H26N4O3. The van der Waals surface area contributed by atoms with Crippen LogP contribution in [0.5, 0.6) is 0 Å². The maximum absolute atomic E-state index is 12.9. The van der Waals surface area contributed by atoms with Gasteiger partial charge in [0.25, 0.3) is 5.91 Å². The summed E-state index contributed by atoms with van der Waals surface area (Å²) in [6.45, 7) is 7.06. The number of aryl methyl sites for hydroxylation is 1. The van der Waals surface area contributed by atoms with Gasteiger partial charge in [-0.05, 0) is 31.4 Å². The molecule has 2 heterocycles. The molecule has 0 radical (unpaired) electrons. The van der Waals surface area contributed by atoms with Gasteiger partial charge in [0.05, 0.1) is 6.04 Å². The molecule has 0 bridgehead atoms. The SMILES string of the molecule is CCc1ccc(C2CNCCN2C(=O)CN2C(=O)NC(C)(C)C2=O)cc1. The van der Waals surface area contributed by atoms with Gasteiger partial charge in [-0.1, -0.05) is 31.2 Å². The van der Waals surface area contributed by atoms with Gasteiger partial charge < -0.3 is 15.5 Å². The summed E-state index contributed by atoms with van der Waals surface area (Å²) in [5.74, 6) is -0.577. The van der Waals surface area contributed by atoms with Crippen LogP contribution in [0.3, 0.4) is 0 Å².